The summed E-state index contributed by atoms with van der Waals surface area (Å²) in [6, 6.07) is 23.5. The first-order valence-corrected chi connectivity index (χ1v) is 12.9. The molecule has 1 saturated heterocycles. The summed E-state index contributed by atoms with van der Waals surface area (Å²) in [6.45, 7) is 8.89. The van der Waals surface area contributed by atoms with Crippen molar-refractivity contribution in [2.75, 3.05) is 29.9 Å². The van der Waals surface area contributed by atoms with Crippen LogP contribution in [0, 0.1) is 0 Å². The van der Waals surface area contributed by atoms with E-state index in [9.17, 15) is 9.59 Å². The third kappa shape index (κ3) is 6.54. The minimum atomic E-state index is -0.184. The van der Waals surface area contributed by atoms with E-state index in [1.54, 1.807) is 0 Å². The van der Waals surface area contributed by atoms with Gasteiger partial charge in [-0.1, -0.05) is 63.2 Å². The van der Waals surface area contributed by atoms with Crippen LogP contribution in [0.15, 0.2) is 72.8 Å². The van der Waals surface area contributed by atoms with Crippen LogP contribution in [0.25, 0.3) is 0 Å². The van der Waals surface area contributed by atoms with Gasteiger partial charge in [0, 0.05) is 36.6 Å². The van der Waals surface area contributed by atoms with E-state index in [0.29, 0.717) is 23.4 Å². The molecule has 36 heavy (non-hydrogen) atoms. The maximum absolute atomic E-state index is 13.3. The van der Waals surface area contributed by atoms with Crippen LogP contribution >= 0.6 is 0 Å². The second-order valence-corrected chi connectivity index (χ2v) is 10.6. The highest BCUT2D eigenvalue weighted by atomic mass is 16.2. The Bertz CT molecular complexity index is 1170. The third-order valence-electron chi connectivity index (χ3n) is 6.75. The lowest BCUT2D eigenvalue weighted by atomic mass is 9.87. The fourth-order valence-corrected chi connectivity index (χ4v) is 4.59. The molecule has 2 N–H and O–H groups in total. The zero-order valence-corrected chi connectivity index (χ0v) is 21.6. The van der Waals surface area contributed by atoms with E-state index in [-0.39, 0.29) is 17.2 Å². The SMILES string of the molecule is CC(C)(C)c1ccc(C(=O)Nc2ccc(N3CCCCC3)c(C(=O)NCCc3ccccc3)c2)cc1. The number of nitrogens with zero attached hydrogens (tertiary/aromatic N) is 1. The molecule has 1 aliphatic heterocycles. The van der Waals surface area contributed by atoms with Gasteiger partial charge < -0.3 is 15.5 Å². The number of anilines is 2. The maximum Gasteiger partial charge on any atom is 0.255 e. The molecule has 3 aromatic carbocycles. The molecule has 0 radical (unpaired) electrons. The van der Waals surface area contributed by atoms with Gasteiger partial charge in [0.1, 0.15) is 0 Å². The smallest absolute Gasteiger partial charge is 0.255 e. The monoisotopic (exact) mass is 483 g/mol. The lowest BCUT2D eigenvalue weighted by molar-refractivity contribution is 0.0953. The molecule has 2 amide bonds. The highest BCUT2D eigenvalue weighted by Gasteiger charge is 2.20. The van der Waals surface area contributed by atoms with E-state index in [0.717, 1.165) is 38.0 Å². The average Bonchev–Trinajstić information content (AvgIpc) is 2.89. The number of carbonyl (C=O) groups excluding carboxylic acids is 2. The Kier molecular flexibility index (Phi) is 8.09. The molecule has 4 rings (SSSR count). The van der Waals surface area contributed by atoms with Gasteiger partial charge in [-0.2, -0.15) is 0 Å². The van der Waals surface area contributed by atoms with E-state index in [1.807, 2.05) is 60.7 Å². The summed E-state index contributed by atoms with van der Waals surface area (Å²) in [5.74, 6) is -0.297. The van der Waals surface area contributed by atoms with Gasteiger partial charge in [-0.25, -0.2) is 0 Å². The number of nitrogens with one attached hydrogen (secondary N) is 2. The van der Waals surface area contributed by atoms with E-state index in [1.165, 1.54) is 17.5 Å². The molecule has 0 unspecified atom stereocenters. The molecule has 0 atom stereocenters. The van der Waals surface area contributed by atoms with Crippen molar-refractivity contribution in [2.45, 2.75) is 51.9 Å². The summed E-state index contributed by atoms with van der Waals surface area (Å²) in [4.78, 5) is 28.5. The Labute approximate surface area is 214 Å². The molecule has 3 aromatic rings. The van der Waals surface area contributed by atoms with Gasteiger partial charge in [-0.15, -0.1) is 0 Å². The first-order valence-electron chi connectivity index (χ1n) is 12.9. The number of hydrogen-bond donors (Lipinski definition) is 2. The van der Waals surface area contributed by atoms with Crippen molar-refractivity contribution in [3.05, 3.63) is 95.1 Å². The summed E-state index contributed by atoms with van der Waals surface area (Å²) in [5.41, 5.74) is 5.14. The standard InChI is InChI=1S/C31H37N3O2/c1-31(2,3)25-14-12-24(13-15-25)29(35)33-26-16-17-28(34-20-8-5-9-21-34)27(22-26)30(36)32-19-18-23-10-6-4-7-11-23/h4,6-7,10-17,22H,5,8-9,18-21H2,1-3H3,(H,32,36)(H,33,35). The molecule has 188 valence electrons. The number of amides is 2. The molecule has 1 aliphatic rings. The van der Waals surface area contributed by atoms with Crippen LogP contribution in [-0.2, 0) is 11.8 Å². The first-order chi connectivity index (χ1) is 17.3. The minimum Gasteiger partial charge on any atom is -0.371 e. The second kappa shape index (κ2) is 11.4. The van der Waals surface area contributed by atoms with Gasteiger partial charge in [0.2, 0.25) is 0 Å². The van der Waals surface area contributed by atoms with E-state index in [4.69, 9.17) is 0 Å². The minimum absolute atomic E-state index is 0.0298. The Balaban J connectivity index is 1.50. The highest BCUT2D eigenvalue weighted by molar-refractivity contribution is 6.06. The largest absolute Gasteiger partial charge is 0.371 e. The van der Waals surface area contributed by atoms with Crippen molar-refractivity contribution < 1.29 is 9.59 Å². The van der Waals surface area contributed by atoms with Crippen LogP contribution in [0.4, 0.5) is 11.4 Å². The summed E-state index contributed by atoms with van der Waals surface area (Å²) in [5, 5.41) is 6.07. The summed E-state index contributed by atoms with van der Waals surface area (Å²) < 4.78 is 0. The number of hydrogen-bond acceptors (Lipinski definition) is 3. The Morgan fingerprint density at radius 1 is 0.833 bits per heavy atom. The molecule has 0 aromatic heterocycles. The number of piperidine rings is 1. The van der Waals surface area contributed by atoms with Crippen molar-refractivity contribution in [3.63, 3.8) is 0 Å². The van der Waals surface area contributed by atoms with E-state index in [2.05, 4.69) is 48.4 Å². The Hall–Kier alpha value is -3.60. The van der Waals surface area contributed by atoms with Gasteiger partial charge in [0.05, 0.1) is 5.56 Å². The first kappa shape index (κ1) is 25.5. The van der Waals surface area contributed by atoms with Crippen LogP contribution in [0.1, 0.15) is 71.9 Å². The molecular weight excluding hydrogens is 446 g/mol. The zero-order chi connectivity index (χ0) is 25.5. The number of benzene rings is 3. The van der Waals surface area contributed by atoms with Crippen molar-refractivity contribution >= 4 is 23.2 Å². The maximum atomic E-state index is 13.3. The van der Waals surface area contributed by atoms with Gasteiger partial charge in [0.25, 0.3) is 11.8 Å². The second-order valence-electron chi connectivity index (χ2n) is 10.6. The summed E-state index contributed by atoms with van der Waals surface area (Å²) in [7, 11) is 0. The van der Waals surface area contributed by atoms with Crippen LogP contribution in [0.5, 0.6) is 0 Å². The predicted molar refractivity (Wildman–Crippen MR) is 148 cm³/mol. The lowest BCUT2D eigenvalue weighted by Crippen LogP contribution is -2.33. The molecule has 5 heteroatoms. The van der Waals surface area contributed by atoms with Crippen molar-refractivity contribution in [3.8, 4) is 0 Å². The fourth-order valence-electron chi connectivity index (χ4n) is 4.59. The van der Waals surface area contributed by atoms with E-state index >= 15 is 0 Å². The normalized spacial score (nSPS) is 13.8. The molecule has 0 saturated carbocycles. The number of rotatable bonds is 7. The van der Waals surface area contributed by atoms with Gasteiger partial charge in [-0.3, -0.25) is 9.59 Å². The third-order valence-corrected chi connectivity index (χ3v) is 6.75. The summed E-state index contributed by atoms with van der Waals surface area (Å²) >= 11 is 0. The number of carbonyl (C=O) groups is 2. The van der Waals surface area contributed by atoms with Gasteiger partial charge in [0.15, 0.2) is 0 Å². The molecule has 0 aliphatic carbocycles. The molecule has 1 fully saturated rings. The highest BCUT2D eigenvalue weighted by Crippen LogP contribution is 2.28. The summed E-state index contributed by atoms with van der Waals surface area (Å²) in [6.07, 6.45) is 4.24. The molecule has 1 heterocycles. The van der Waals surface area contributed by atoms with Crippen LogP contribution < -0.4 is 15.5 Å². The lowest BCUT2D eigenvalue weighted by Gasteiger charge is -2.30. The molecular formula is C31H37N3O2. The molecule has 0 bridgehead atoms. The van der Waals surface area contributed by atoms with Gasteiger partial charge >= 0.3 is 0 Å². The fraction of sp³-hybridized carbons (Fsp3) is 0.355. The van der Waals surface area contributed by atoms with Crippen molar-refractivity contribution in [1.82, 2.24) is 5.32 Å². The predicted octanol–water partition coefficient (Wildman–Crippen LogP) is 6.20. The van der Waals surface area contributed by atoms with E-state index < -0.39 is 0 Å². The van der Waals surface area contributed by atoms with Crippen LogP contribution in [-0.4, -0.2) is 31.4 Å². The Morgan fingerprint density at radius 3 is 2.19 bits per heavy atom. The van der Waals surface area contributed by atoms with Crippen LogP contribution in [0.2, 0.25) is 0 Å². The molecule has 5 nitrogen and oxygen atoms in total. The quantitative estimate of drug-likeness (QED) is 0.421. The van der Waals surface area contributed by atoms with Crippen LogP contribution in [0.3, 0.4) is 0 Å². The average molecular weight is 484 g/mol. The topological polar surface area (TPSA) is 61.4 Å². The van der Waals surface area contributed by atoms with Crippen molar-refractivity contribution in [1.29, 1.82) is 0 Å². The molecule has 0 spiro atoms. The van der Waals surface area contributed by atoms with Gasteiger partial charge in [-0.05, 0) is 72.6 Å². The van der Waals surface area contributed by atoms with Crippen molar-refractivity contribution in [2.24, 2.45) is 0 Å². The zero-order valence-electron chi connectivity index (χ0n) is 21.6. The Morgan fingerprint density at radius 2 is 1.53 bits per heavy atom.